The van der Waals surface area contributed by atoms with E-state index < -0.39 is 5.79 Å². The van der Waals surface area contributed by atoms with Crippen molar-refractivity contribution in [2.75, 3.05) is 0 Å². The number of rotatable bonds is 1. The summed E-state index contributed by atoms with van der Waals surface area (Å²) in [4.78, 5) is 0. The van der Waals surface area contributed by atoms with Gasteiger partial charge in [0.05, 0.1) is 0 Å². The van der Waals surface area contributed by atoms with Crippen LogP contribution in [0.15, 0.2) is 30.3 Å². The van der Waals surface area contributed by atoms with Crippen molar-refractivity contribution in [3.05, 3.63) is 58.1 Å². The molecule has 0 saturated carbocycles. The highest BCUT2D eigenvalue weighted by Crippen LogP contribution is 2.37. The van der Waals surface area contributed by atoms with Crippen LogP contribution in [0.3, 0.4) is 0 Å². The molecule has 0 aromatic heterocycles. The molecule has 0 atom stereocenters. The minimum Gasteiger partial charge on any atom is -0.362 e. The first kappa shape index (κ1) is 13.3. The van der Waals surface area contributed by atoms with Crippen molar-refractivity contribution < 1.29 is 10.2 Å². The van der Waals surface area contributed by atoms with Crippen LogP contribution in [0.2, 0.25) is 0 Å². The van der Waals surface area contributed by atoms with Crippen LogP contribution in [-0.2, 0) is 12.2 Å². The zero-order valence-corrected chi connectivity index (χ0v) is 12.2. The van der Waals surface area contributed by atoms with Gasteiger partial charge >= 0.3 is 0 Å². The standard InChI is InChI=1S/C18H20O2/c1-11-4-6-16(13(3)12(11)2)14-5-7-17-15(10-14)8-9-18(17,19)20/h4-7,10,19-20H,8-9H2,1-3H3. The van der Waals surface area contributed by atoms with Crippen LogP contribution in [0.4, 0.5) is 0 Å². The Morgan fingerprint density at radius 1 is 0.950 bits per heavy atom. The molecule has 0 radical (unpaired) electrons. The minimum atomic E-state index is -1.65. The summed E-state index contributed by atoms with van der Waals surface area (Å²) in [5.74, 6) is -1.65. The fourth-order valence-corrected chi connectivity index (χ4v) is 3.07. The van der Waals surface area contributed by atoms with E-state index in [9.17, 15) is 10.2 Å². The number of benzene rings is 2. The first-order valence-electron chi connectivity index (χ1n) is 7.05. The molecule has 0 unspecified atom stereocenters. The second-order valence-corrected chi connectivity index (χ2v) is 5.87. The third-order valence-corrected chi connectivity index (χ3v) is 4.65. The lowest BCUT2D eigenvalue weighted by Gasteiger charge is -2.17. The van der Waals surface area contributed by atoms with Crippen LogP contribution in [0.5, 0.6) is 0 Å². The molecule has 0 heterocycles. The predicted molar refractivity (Wildman–Crippen MR) is 80.5 cm³/mol. The maximum Gasteiger partial charge on any atom is 0.190 e. The fourth-order valence-electron chi connectivity index (χ4n) is 3.07. The molecule has 2 N–H and O–H groups in total. The Morgan fingerprint density at radius 2 is 1.70 bits per heavy atom. The second-order valence-electron chi connectivity index (χ2n) is 5.87. The van der Waals surface area contributed by atoms with E-state index in [2.05, 4.69) is 39.0 Å². The van der Waals surface area contributed by atoms with E-state index in [1.54, 1.807) is 0 Å². The van der Waals surface area contributed by atoms with Crippen molar-refractivity contribution in [3.8, 4) is 11.1 Å². The smallest absolute Gasteiger partial charge is 0.190 e. The number of aryl methyl sites for hydroxylation is 2. The van der Waals surface area contributed by atoms with Crippen LogP contribution in [0.25, 0.3) is 11.1 Å². The van der Waals surface area contributed by atoms with Gasteiger partial charge in [0.1, 0.15) is 0 Å². The van der Waals surface area contributed by atoms with Gasteiger partial charge in [-0.15, -0.1) is 0 Å². The average Bonchev–Trinajstić information content (AvgIpc) is 2.72. The average molecular weight is 268 g/mol. The van der Waals surface area contributed by atoms with Crippen LogP contribution < -0.4 is 0 Å². The van der Waals surface area contributed by atoms with Crippen molar-refractivity contribution in [1.29, 1.82) is 0 Å². The summed E-state index contributed by atoms with van der Waals surface area (Å²) >= 11 is 0. The van der Waals surface area contributed by atoms with Crippen molar-refractivity contribution in [2.45, 2.75) is 39.4 Å². The highest BCUT2D eigenvalue weighted by atomic mass is 16.5. The third kappa shape index (κ3) is 1.96. The van der Waals surface area contributed by atoms with E-state index in [0.29, 0.717) is 12.0 Å². The fraction of sp³-hybridized carbons (Fsp3) is 0.333. The largest absolute Gasteiger partial charge is 0.362 e. The monoisotopic (exact) mass is 268 g/mol. The van der Waals surface area contributed by atoms with Gasteiger partial charge < -0.3 is 10.2 Å². The first-order valence-corrected chi connectivity index (χ1v) is 7.05. The Morgan fingerprint density at radius 3 is 2.45 bits per heavy atom. The predicted octanol–water partition coefficient (Wildman–Crippen LogP) is 3.36. The van der Waals surface area contributed by atoms with Crippen LogP contribution in [-0.4, -0.2) is 10.2 Å². The summed E-state index contributed by atoms with van der Waals surface area (Å²) in [6, 6.07) is 10.2. The zero-order valence-electron chi connectivity index (χ0n) is 12.2. The molecule has 3 rings (SSSR count). The van der Waals surface area contributed by atoms with Gasteiger partial charge in [-0.3, -0.25) is 0 Å². The molecular weight excluding hydrogens is 248 g/mol. The van der Waals surface area contributed by atoms with Gasteiger partial charge in [-0.1, -0.05) is 30.3 Å². The molecule has 2 aromatic rings. The molecular formula is C18H20O2. The summed E-state index contributed by atoms with van der Waals surface area (Å²) < 4.78 is 0. The molecule has 2 heteroatoms. The molecule has 2 nitrogen and oxygen atoms in total. The number of hydrogen-bond acceptors (Lipinski definition) is 2. The highest BCUT2D eigenvalue weighted by molar-refractivity contribution is 5.70. The van der Waals surface area contributed by atoms with Gasteiger partial charge in [0.2, 0.25) is 0 Å². The molecule has 0 aliphatic heterocycles. The Balaban J connectivity index is 2.12. The summed E-state index contributed by atoms with van der Waals surface area (Å²) in [5, 5.41) is 19.8. The first-order chi connectivity index (χ1) is 9.40. The Labute approximate surface area is 119 Å². The van der Waals surface area contributed by atoms with E-state index in [4.69, 9.17) is 0 Å². The van der Waals surface area contributed by atoms with Gasteiger partial charge in [0, 0.05) is 12.0 Å². The van der Waals surface area contributed by atoms with E-state index >= 15 is 0 Å². The van der Waals surface area contributed by atoms with E-state index in [-0.39, 0.29) is 0 Å². The number of fused-ring (bicyclic) bond motifs is 1. The van der Waals surface area contributed by atoms with Gasteiger partial charge in [-0.2, -0.15) is 0 Å². The normalized spacial score (nSPS) is 16.2. The van der Waals surface area contributed by atoms with Gasteiger partial charge in [0.25, 0.3) is 0 Å². The number of aliphatic hydroxyl groups is 2. The number of hydrogen-bond donors (Lipinski definition) is 2. The van der Waals surface area contributed by atoms with Crippen molar-refractivity contribution in [3.63, 3.8) is 0 Å². The summed E-state index contributed by atoms with van der Waals surface area (Å²) in [6.45, 7) is 6.42. The zero-order chi connectivity index (χ0) is 14.5. The van der Waals surface area contributed by atoms with Crippen molar-refractivity contribution >= 4 is 0 Å². The summed E-state index contributed by atoms with van der Waals surface area (Å²) in [6.07, 6.45) is 1.11. The molecule has 0 amide bonds. The third-order valence-electron chi connectivity index (χ3n) is 4.65. The Kier molecular flexibility index (Phi) is 2.96. The molecule has 0 fully saturated rings. The summed E-state index contributed by atoms with van der Waals surface area (Å²) in [5.41, 5.74) is 8.00. The molecule has 0 spiro atoms. The second kappa shape index (κ2) is 4.44. The maximum absolute atomic E-state index is 9.90. The van der Waals surface area contributed by atoms with Crippen LogP contribution in [0.1, 0.15) is 34.2 Å². The lowest BCUT2D eigenvalue weighted by atomic mass is 9.92. The van der Waals surface area contributed by atoms with Gasteiger partial charge in [-0.05, 0) is 60.6 Å². The Bertz CT molecular complexity index is 684. The van der Waals surface area contributed by atoms with Crippen molar-refractivity contribution in [1.82, 2.24) is 0 Å². The molecule has 2 aromatic carbocycles. The molecule has 1 aliphatic rings. The molecule has 104 valence electrons. The molecule has 0 bridgehead atoms. The summed E-state index contributed by atoms with van der Waals surface area (Å²) in [7, 11) is 0. The van der Waals surface area contributed by atoms with E-state index in [1.807, 2.05) is 12.1 Å². The lowest BCUT2D eigenvalue weighted by molar-refractivity contribution is -0.166. The molecule has 20 heavy (non-hydrogen) atoms. The maximum atomic E-state index is 9.90. The van der Waals surface area contributed by atoms with Gasteiger partial charge in [0.15, 0.2) is 5.79 Å². The van der Waals surface area contributed by atoms with Crippen molar-refractivity contribution in [2.24, 2.45) is 0 Å². The minimum absolute atomic E-state index is 0.387. The van der Waals surface area contributed by atoms with E-state index in [0.717, 1.165) is 17.5 Å². The SMILES string of the molecule is Cc1ccc(-c2ccc3c(c2)CCC3(O)O)c(C)c1C. The highest BCUT2D eigenvalue weighted by Gasteiger charge is 2.34. The lowest BCUT2D eigenvalue weighted by Crippen LogP contribution is -2.20. The quantitative estimate of drug-likeness (QED) is 0.779. The molecule has 0 saturated heterocycles. The van der Waals surface area contributed by atoms with Crippen LogP contribution >= 0.6 is 0 Å². The topological polar surface area (TPSA) is 40.5 Å². The van der Waals surface area contributed by atoms with Gasteiger partial charge in [-0.25, -0.2) is 0 Å². The Hall–Kier alpha value is -1.64. The van der Waals surface area contributed by atoms with E-state index in [1.165, 1.54) is 22.3 Å². The molecule has 1 aliphatic carbocycles. The van der Waals surface area contributed by atoms with Crippen LogP contribution in [0, 0.1) is 20.8 Å².